The molecule has 2 aromatic heterocycles. The van der Waals surface area contributed by atoms with E-state index in [1.54, 1.807) is 23.7 Å². The molecule has 0 N–H and O–H groups in total. The average Bonchev–Trinajstić information content (AvgIpc) is 3.09. The second kappa shape index (κ2) is 7.05. The lowest BCUT2D eigenvalue weighted by Crippen LogP contribution is -2.40. The highest BCUT2D eigenvalue weighted by atomic mass is 16.5. The number of nitrogens with zero attached hydrogens (tertiary/aromatic N) is 4. The lowest BCUT2D eigenvalue weighted by Gasteiger charge is -2.31. The van der Waals surface area contributed by atoms with E-state index in [0.29, 0.717) is 37.0 Å². The molecule has 7 heteroatoms. The van der Waals surface area contributed by atoms with Gasteiger partial charge in [0.25, 0.3) is 11.5 Å². The molecule has 0 atom stereocenters. The molecule has 0 saturated carbocycles. The number of carbonyl (C=O) groups is 1. The molecule has 1 amide bonds. The van der Waals surface area contributed by atoms with Crippen molar-refractivity contribution in [1.82, 2.24) is 19.8 Å². The molecule has 2 aromatic rings. The third-order valence-corrected chi connectivity index (χ3v) is 5.45. The minimum Gasteiger partial charge on any atom is -0.361 e. The van der Waals surface area contributed by atoms with Gasteiger partial charge in [0.05, 0.1) is 5.69 Å². The minimum absolute atomic E-state index is 0.00206. The highest BCUT2D eigenvalue weighted by molar-refractivity contribution is 5.92. The number of aromatic nitrogens is 3. The Morgan fingerprint density at radius 1 is 1.23 bits per heavy atom. The van der Waals surface area contributed by atoms with E-state index in [0.717, 1.165) is 49.8 Å². The predicted octanol–water partition coefficient (Wildman–Crippen LogP) is 1.97. The van der Waals surface area contributed by atoms with Crippen molar-refractivity contribution in [3.05, 3.63) is 45.2 Å². The molecule has 0 radical (unpaired) electrons. The Bertz CT molecular complexity index is 862. The summed E-state index contributed by atoms with van der Waals surface area (Å²) in [7, 11) is 0. The Morgan fingerprint density at radius 3 is 2.73 bits per heavy atom. The highest BCUT2D eigenvalue weighted by Gasteiger charge is 2.26. The Labute approximate surface area is 152 Å². The molecular formula is C19H24N4O3. The fourth-order valence-corrected chi connectivity index (χ4v) is 3.92. The predicted molar refractivity (Wildman–Crippen MR) is 95.0 cm³/mol. The molecule has 0 bridgehead atoms. The van der Waals surface area contributed by atoms with Crippen molar-refractivity contribution in [2.45, 2.75) is 52.0 Å². The van der Waals surface area contributed by atoms with Gasteiger partial charge in [0.2, 0.25) is 0 Å². The summed E-state index contributed by atoms with van der Waals surface area (Å²) in [4.78, 5) is 26.6. The van der Waals surface area contributed by atoms with Crippen molar-refractivity contribution in [2.24, 2.45) is 5.92 Å². The summed E-state index contributed by atoms with van der Waals surface area (Å²) in [5, 5.41) is 8.42. The first-order valence-electron chi connectivity index (χ1n) is 9.42. The van der Waals surface area contributed by atoms with Crippen molar-refractivity contribution < 1.29 is 9.32 Å². The molecule has 1 aliphatic heterocycles. The van der Waals surface area contributed by atoms with Crippen LogP contribution in [0.3, 0.4) is 0 Å². The fourth-order valence-electron chi connectivity index (χ4n) is 3.92. The van der Waals surface area contributed by atoms with E-state index in [4.69, 9.17) is 4.52 Å². The standard InChI is InChI=1S/C19H24N4O3/c1-13-10-17(21-26-13)19(25)22-8-6-14(7-9-22)12-23-18(24)11-15-4-2-3-5-16(15)20-23/h10-11,14H,2-9,12H2,1H3. The summed E-state index contributed by atoms with van der Waals surface area (Å²) >= 11 is 0. The first-order valence-corrected chi connectivity index (χ1v) is 9.42. The number of fused-ring (bicyclic) bond motifs is 1. The minimum atomic E-state index is -0.0793. The summed E-state index contributed by atoms with van der Waals surface area (Å²) in [5.41, 5.74) is 2.58. The molecule has 1 saturated heterocycles. The second-order valence-corrected chi connectivity index (χ2v) is 7.40. The van der Waals surface area contributed by atoms with E-state index in [1.165, 1.54) is 0 Å². The number of hydrogen-bond acceptors (Lipinski definition) is 5. The zero-order valence-electron chi connectivity index (χ0n) is 15.1. The number of hydrogen-bond donors (Lipinski definition) is 0. The normalized spacial score (nSPS) is 18.0. The number of rotatable bonds is 3. The first kappa shape index (κ1) is 17.0. The molecule has 7 nitrogen and oxygen atoms in total. The van der Waals surface area contributed by atoms with Crippen LogP contribution in [0.5, 0.6) is 0 Å². The zero-order chi connectivity index (χ0) is 18.1. The summed E-state index contributed by atoms with van der Waals surface area (Å²) in [6, 6.07) is 3.44. The van der Waals surface area contributed by atoms with Gasteiger partial charge in [0.1, 0.15) is 5.76 Å². The second-order valence-electron chi connectivity index (χ2n) is 7.40. The van der Waals surface area contributed by atoms with Gasteiger partial charge in [-0.15, -0.1) is 0 Å². The first-order chi connectivity index (χ1) is 12.6. The molecule has 4 rings (SSSR count). The molecule has 1 fully saturated rings. The molecule has 0 unspecified atom stereocenters. The van der Waals surface area contributed by atoms with Crippen molar-refractivity contribution in [3.63, 3.8) is 0 Å². The monoisotopic (exact) mass is 356 g/mol. The third kappa shape index (κ3) is 3.43. The van der Waals surface area contributed by atoms with E-state index in [1.807, 2.05) is 4.90 Å². The van der Waals surface area contributed by atoms with E-state index >= 15 is 0 Å². The summed E-state index contributed by atoms with van der Waals surface area (Å²) in [6.07, 6.45) is 5.98. The highest BCUT2D eigenvalue weighted by Crippen LogP contribution is 2.21. The van der Waals surface area contributed by atoms with Gasteiger partial charge >= 0.3 is 0 Å². The smallest absolute Gasteiger partial charge is 0.276 e. The largest absolute Gasteiger partial charge is 0.361 e. The maximum atomic E-state index is 12.4. The van der Waals surface area contributed by atoms with Gasteiger partial charge in [0, 0.05) is 31.8 Å². The Morgan fingerprint density at radius 2 is 2.00 bits per heavy atom. The molecule has 26 heavy (non-hydrogen) atoms. The number of carbonyl (C=O) groups excluding carboxylic acids is 1. The van der Waals surface area contributed by atoms with Crippen molar-refractivity contribution in [2.75, 3.05) is 13.1 Å². The van der Waals surface area contributed by atoms with E-state index in [2.05, 4.69) is 10.3 Å². The molecule has 0 aromatic carbocycles. The van der Waals surface area contributed by atoms with Crippen molar-refractivity contribution in [3.8, 4) is 0 Å². The van der Waals surface area contributed by atoms with Crippen LogP contribution in [0.2, 0.25) is 0 Å². The molecule has 138 valence electrons. The van der Waals surface area contributed by atoms with Crippen LogP contribution in [0.1, 0.15) is 53.2 Å². The van der Waals surface area contributed by atoms with Gasteiger partial charge in [0.15, 0.2) is 5.69 Å². The molecular weight excluding hydrogens is 332 g/mol. The quantitative estimate of drug-likeness (QED) is 0.840. The zero-order valence-corrected chi connectivity index (χ0v) is 15.1. The van der Waals surface area contributed by atoms with Crippen LogP contribution in [-0.4, -0.2) is 38.8 Å². The van der Waals surface area contributed by atoms with Crippen molar-refractivity contribution in [1.29, 1.82) is 0 Å². The van der Waals surface area contributed by atoms with Gasteiger partial charge in [-0.1, -0.05) is 5.16 Å². The fraction of sp³-hybridized carbons (Fsp3) is 0.579. The topological polar surface area (TPSA) is 81.2 Å². The Hall–Kier alpha value is -2.44. The van der Waals surface area contributed by atoms with Crippen LogP contribution in [0, 0.1) is 12.8 Å². The van der Waals surface area contributed by atoms with E-state index < -0.39 is 0 Å². The van der Waals surface area contributed by atoms with E-state index in [9.17, 15) is 9.59 Å². The lowest BCUT2D eigenvalue weighted by molar-refractivity contribution is 0.0670. The SMILES string of the molecule is Cc1cc(C(=O)N2CCC(Cn3nc4c(cc3=O)CCCC4)CC2)no1. The van der Waals surface area contributed by atoms with Crippen LogP contribution in [0.15, 0.2) is 21.5 Å². The number of likely N-dealkylation sites (tertiary alicyclic amines) is 1. The average molecular weight is 356 g/mol. The third-order valence-electron chi connectivity index (χ3n) is 5.45. The number of aryl methyl sites for hydroxylation is 3. The van der Waals surface area contributed by atoms with Crippen LogP contribution in [0.25, 0.3) is 0 Å². The van der Waals surface area contributed by atoms with Gasteiger partial charge in [-0.2, -0.15) is 5.10 Å². The maximum absolute atomic E-state index is 12.4. The summed E-state index contributed by atoms with van der Waals surface area (Å²) < 4.78 is 6.62. The van der Waals surface area contributed by atoms with Gasteiger partial charge in [-0.05, 0) is 56.9 Å². The lowest BCUT2D eigenvalue weighted by atomic mass is 9.95. The van der Waals surface area contributed by atoms with Crippen LogP contribution >= 0.6 is 0 Å². The van der Waals surface area contributed by atoms with Gasteiger partial charge < -0.3 is 9.42 Å². The van der Waals surface area contributed by atoms with Gasteiger partial charge in [-0.25, -0.2) is 4.68 Å². The van der Waals surface area contributed by atoms with Gasteiger partial charge in [-0.3, -0.25) is 9.59 Å². The molecule has 2 aliphatic rings. The number of amides is 1. The maximum Gasteiger partial charge on any atom is 0.276 e. The van der Waals surface area contributed by atoms with Crippen molar-refractivity contribution >= 4 is 5.91 Å². The van der Waals surface area contributed by atoms with E-state index in [-0.39, 0.29) is 11.5 Å². The van der Waals surface area contributed by atoms with Crippen LogP contribution < -0.4 is 5.56 Å². The molecule has 0 spiro atoms. The Balaban J connectivity index is 1.38. The Kier molecular flexibility index (Phi) is 4.61. The van der Waals surface area contributed by atoms with Crippen LogP contribution in [-0.2, 0) is 19.4 Å². The molecule has 1 aliphatic carbocycles. The summed E-state index contributed by atoms with van der Waals surface area (Å²) in [5.74, 6) is 0.926. The van der Waals surface area contributed by atoms with Crippen LogP contribution in [0.4, 0.5) is 0 Å². The molecule has 3 heterocycles. The summed E-state index contributed by atoms with van der Waals surface area (Å²) in [6.45, 7) is 3.76. The number of piperidine rings is 1.